The van der Waals surface area contributed by atoms with E-state index in [0.717, 1.165) is 11.1 Å². The summed E-state index contributed by atoms with van der Waals surface area (Å²) in [4.78, 5) is 15.9. The molecule has 0 aliphatic carbocycles. The fourth-order valence-corrected chi connectivity index (χ4v) is 1.61. The Morgan fingerprint density at radius 1 is 1.30 bits per heavy atom. The number of nitrogens with zero attached hydrogens (tertiary/aromatic N) is 2. The molecule has 1 amide bonds. The molecule has 0 saturated carbocycles. The van der Waals surface area contributed by atoms with Crippen molar-refractivity contribution in [2.45, 2.75) is 6.92 Å². The number of carbonyl (C=O) groups excluding carboxylic acids is 1. The van der Waals surface area contributed by atoms with Crippen molar-refractivity contribution in [2.24, 2.45) is 0 Å². The van der Waals surface area contributed by atoms with E-state index >= 15 is 0 Å². The molecule has 2 aromatic rings. The van der Waals surface area contributed by atoms with Crippen LogP contribution in [-0.2, 0) is 4.79 Å². The number of hydrogen-bond acceptors (Lipinski definition) is 3. The van der Waals surface area contributed by atoms with Crippen LogP contribution in [0, 0.1) is 18.3 Å². The lowest BCUT2D eigenvalue weighted by molar-refractivity contribution is -0.112. The number of aryl methyl sites for hydroxylation is 1. The number of carbonyl (C=O) groups is 1. The molecule has 1 aromatic carbocycles. The second-order valence-electron chi connectivity index (χ2n) is 4.28. The van der Waals surface area contributed by atoms with Crippen LogP contribution in [-0.4, -0.2) is 10.9 Å². The molecule has 0 spiro atoms. The van der Waals surface area contributed by atoms with Crippen LogP contribution >= 0.6 is 0 Å². The average Bonchev–Trinajstić information content (AvgIpc) is 2.47. The van der Waals surface area contributed by atoms with Gasteiger partial charge >= 0.3 is 0 Å². The van der Waals surface area contributed by atoms with Gasteiger partial charge in [-0.1, -0.05) is 29.8 Å². The van der Waals surface area contributed by atoms with Gasteiger partial charge in [0, 0.05) is 6.20 Å². The molecule has 0 radical (unpaired) electrons. The molecule has 1 aromatic heterocycles. The minimum Gasteiger partial charge on any atom is -0.320 e. The van der Waals surface area contributed by atoms with Gasteiger partial charge in [-0.05, 0) is 30.7 Å². The van der Waals surface area contributed by atoms with E-state index in [-0.39, 0.29) is 5.57 Å². The van der Waals surface area contributed by atoms with Crippen molar-refractivity contribution in [1.82, 2.24) is 4.98 Å². The van der Waals surface area contributed by atoms with Crippen LogP contribution in [0.5, 0.6) is 0 Å². The number of hydrogen-bond donors (Lipinski definition) is 1. The monoisotopic (exact) mass is 263 g/mol. The minimum atomic E-state index is -0.443. The third-order valence-electron chi connectivity index (χ3n) is 2.67. The second-order valence-corrected chi connectivity index (χ2v) is 4.28. The summed E-state index contributed by atoms with van der Waals surface area (Å²) in [6.45, 7) is 1.98. The van der Waals surface area contributed by atoms with E-state index in [1.165, 1.54) is 6.20 Å². The van der Waals surface area contributed by atoms with Gasteiger partial charge in [-0.25, -0.2) is 0 Å². The van der Waals surface area contributed by atoms with Crippen LogP contribution in [0.2, 0.25) is 0 Å². The Morgan fingerprint density at radius 2 is 2.05 bits per heavy atom. The summed E-state index contributed by atoms with van der Waals surface area (Å²) in [5.41, 5.74) is 2.55. The number of anilines is 1. The zero-order valence-corrected chi connectivity index (χ0v) is 11.0. The molecule has 0 bridgehead atoms. The molecular formula is C16H13N3O. The first kappa shape index (κ1) is 13.5. The van der Waals surface area contributed by atoms with Crippen LogP contribution in [0.3, 0.4) is 0 Å². The maximum atomic E-state index is 12.0. The molecule has 1 N–H and O–H groups in total. The highest BCUT2D eigenvalue weighted by Gasteiger charge is 2.09. The van der Waals surface area contributed by atoms with Gasteiger partial charge in [-0.2, -0.15) is 5.26 Å². The van der Waals surface area contributed by atoms with Gasteiger partial charge in [-0.15, -0.1) is 0 Å². The van der Waals surface area contributed by atoms with Crippen LogP contribution in [0.15, 0.2) is 54.4 Å². The van der Waals surface area contributed by atoms with Crippen molar-refractivity contribution >= 4 is 17.7 Å². The number of rotatable bonds is 3. The molecule has 0 aliphatic rings. The van der Waals surface area contributed by atoms with Gasteiger partial charge in [-0.3, -0.25) is 9.78 Å². The zero-order chi connectivity index (χ0) is 14.4. The van der Waals surface area contributed by atoms with Gasteiger partial charge in [0.1, 0.15) is 11.6 Å². The van der Waals surface area contributed by atoms with Gasteiger partial charge in [0.15, 0.2) is 0 Å². The van der Waals surface area contributed by atoms with Crippen molar-refractivity contribution in [2.75, 3.05) is 5.32 Å². The van der Waals surface area contributed by atoms with Crippen molar-refractivity contribution in [3.63, 3.8) is 0 Å². The first-order chi connectivity index (χ1) is 9.69. The number of amides is 1. The highest BCUT2D eigenvalue weighted by atomic mass is 16.1. The molecule has 0 unspecified atom stereocenters. The zero-order valence-electron chi connectivity index (χ0n) is 11.0. The number of aromatic nitrogens is 1. The fourth-order valence-electron chi connectivity index (χ4n) is 1.61. The van der Waals surface area contributed by atoms with E-state index in [4.69, 9.17) is 5.26 Å². The predicted molar refractivity (Wildman–Crippen MR) is 77.6 cm³/mol. The van der Waals surface area contributed by atoms with E-state index < -0.39 is 5.91 Å². The Bertz CT molecular complexity index is 667. The van der Waals surface area contributed by atoms with Gasteiger partial charge in [0.25, 0.3) is 5.91 Å². The van der Waals surface area contributed by atoms with Gasteiger partial charge < -0.3 is 5.32 Å². The standard InChI is InChI=1S/C16H13N3O/c1-12-4-6-13(7-5-12)9-14(10-17)16(20)19-15-3-2-8-18-11-15/h2-9,11H,1H3,(H,19,20)/b14-9+. The summed E-state index contributed by atoms with van der Waals surface area (Å²) in [6.07, 6.45) is 4.70. The first-order valence-corrected chi connectivity index (χ1v) is 6.09. The van der Waals surface area contributed by atoms with Crippen LogP contribution in [0.1, 0.15) is 11.1 Å². The number of nitriles is 1. The summed E-state index contributed by atoms with van der Waals surface area (Å²) in [7, 11) is 0. The Labute approximate surface area is 117 Å². The largest absolute Gasteiger partial charge is 0.320 e. The van der Waals surface area contributed by atoms with Crippen LogP contribution in [0.4, 0.5) is 5.69 Å². The van der Waals surface area contributed by atoms with Crippen molar-refractivity contribution in [3.8, 4) is 6.07 Å². The molecular weight excluding hydrogens is 250 g/mol. The Morgan fingerprint density at radius 3 is 2.65 bits per heavy atom. The van der Waals surface area contributed by atoms with Crippen molar-refractivity contribution < 1.29 is 4.79 Å². The Kier molecular flexibility index (Phi) is 4.25. The predicted octanol–water partition coefficient (Wildman–Crippen LogP) is 2.94. The molecule has 0 saturated heterocycles. The molecule has 4 heteroatoms. The average molecular weight is 263 g/mol. The Balaban J connectivity index is 2.18. The summed E-state index contributed by atoms with van der Waals surface area (Å²) in [5, 5.41) is 11.7. The van der Waals surface area contributed by atoms with E-state index in [9.17, 15) is 4.79 Å². The normalized spacial score (nSPS) is 10.7. The quantitative estimate of drug-likeness (QED) is 0.684. The van der Waals surface area contributed by atoms with Crippen LogP contribution < -0.4 is 5.32 Å². The number of pyridine rings is 1. The number of nitrogens with one attached hydrogen (secondary N) is 1. The summed E-state index contributed by atoms with van der Waals surface area (Å²) < 4.78 is 0. The first-order valence-electron chi connectivity index (χ1n) is 6.09. The molecule has 1 heterocycles. The third-order valence-corrected chi connectivity index (χ3v) is 2.67. The lowest BCUT2D eigenvalue weighted by Gasteiger charge is -2.03. The molecule has 98 valence electrons. The Hall–Kier alpha value is -2.93. The van der Waals surface area contributed by atoms with E-state index in [0.29, 0.717) is 5.69 Å². The smallest absolute Gasteiger partial charge is 0.266 e. The van der Waals surface area contributed by atoms with Gasteiger partial charge in [0.2, 0.25) is 0 Å². The molecule has 4 nitrogen and oxygen atoms in total. The van der Waals surface area contributed by atoms with E-state index in [1.54, 1.807) is 24.4 Å². The van der Waals surface area contributed by atoms with E-state index in [2.05, 4.69) is 10.3 Å². The fraction of sp³-hybridized carbons (Fsp3) is 0.0625. The lowest BCUT2D eigenvalue weighted by atomic mass is 10.1. The maximum Gasteiger partial charge on any atom is 0.266 e. The van der Waals surface area contributed by atoms with Gasteiger partial charge in [0.05, 0.1) is 11.9 Å². The van der Waals surface area contributed by atoms with Crippen molar-refractivity contribution in [1.29, 1.82) is 5.26 Å². The molecule has 20 heavy (non-hydrogen) atoms. The third kappa shape index (κ3) is 3.53. The SMILES string of the molecule is Cc1ccc(/C=C(\C#N)C(=O)Nc2cccnc2)cc1. The summed E-state index contributed by atoms with van der Waals surface area (Å²) in [5.74, 6) is -0.443. The molecule has 2 rings (SSSR count). The highest BCUT2D eigenvalue weighted by Crippen LogP contribution is 2.11. The summed E-state index contributed by atoms with van der Waals surface area (Å²) in [6, 6.07) is 12.9. The van der Waals surface area contributed by atoms with E-state index in [1.807, 2.05) is 37.3 Å². The molecule has 0 fully saturated rings. The highest BCUT2D eigenvalue weighted by molar-refractivity contribution is 6.09. The van der Waals surface area contributed by atoms with Crippen molar-refractivity contribution in [3.05, 3.63) is 65.5 Å². The second kappa shape index (κ2) is 6.30. The molecule has 0 aliphatic heterocycles. The van der Waals surface area contributed by atoms with Crippen LogP contribution in [0.25, 0.3) is 6.08 Å². The lowest BCUT2D eigenvalue weighted by Crippen LogP contribution is -2.13. The molecule has 0 atom stereocenters. The maximum absolute atomic E-state index is 12.0. The minimum absolute atomic E-state index is 0.0534. The topological polar surface area (TPSA) is 65.8 Å². The summed E-state index contributed by atoms with van der Waals surface area (Å²) >= 11 is 0. The number of benzene rings is 1.